The lowest BCUT2D eigenvalue weighted by Gasteiger charge is -2.17. The number of fused-ring (bicyclic) bond motifs is 2. The molecule has 5 rings (SSSR count). The van der Waals surface area contributed by atoms with Gasteiger partial charge in [-0.2, -0.15) is 5.10 Å². The molecule has 5 aromatic rings. The average Bonchev–Trinajstić information content (AvgIpc) is 3.51. The molecule has 0 radical (unpaired) electrons. The first-order valence-electron chi connectivity index (χ1n) is 12.9. The van der Waals surface area contributed by atoms with Crippen molar-refractivity contribution in [3.63, 3.8) is 0 Å². The Morgan fingerprint density at radius 2 is 1.85 bits per heavy atom. The van der Waals surface area contributed by atoms with E-state index in [0.29, 0.717) is 45.6 Å². The number of aryl methyl sites for hydroxylation is 4. The zero-order chi connectivity index (χ0) is 28.8. The largest absolute Gasteiger partial charge is 0.456 e. The van der Waals surface area contributed by atoms with E-state index in [1.54, 1.807) is 30.2 Å². The minimum atomic E-state index is -3.20. The lowest BCUT2D eigenvalue weighted by Crippen LogP contribution is -2.23. The quantitative estimate of drug-likeness (QED) is 0.294. The number of pyridine rings is 1. The average molecular weight is 562 g/mol. The Bertz CT molecular complexity index is 1930. The Hall–Kier alpha value is -4.38. The number of nitrogens with zero attached hydrogens (tertiary/aromatic N) is 3. The van der Waals surface area contributed by atoms with E-state index in [2.05, 4.69) is 15.4 Å². The van der Waals surface area contributed by atoms with E-state index in [1.807, 2.05) is 51.1 Å². The third-order valence-electron chi connectivity index (χ3n) is 6.87. The third kappa shape index (κ3) is 5.12. The van der Waals surface area contributed by atoms with Crippen molar-refractivity contribution in [3.8, 4) is 22.6 Å². The first-order chi connectivity index (χ1) is 19.0. The zero-order valence-electron chi connectivity index (χ0n) is 23.0. The van der Waals surface area contributed by atoms with E-state index in [0.717, 1.165) is 16.5 Å². The topological polar surface area (TPSA) is 128 Å². The summed E-state index contributed by atoms with van der Waals surface area (Å²) in [6.07, 6.45) is 4.59. The highest BCUT2D eigenvalue weighted by Gasteiger charge is 2.21. The molecular weight excluding hydrogens is 530 g/mol. The maximum Gasteiger partial charge on any atom is 0.274 e. The SMILES string of the molecule is CCNC(=O)c1cc2c(-c3cc4c(cnn4CCS(C)(=O)=O)cc3Oc3c(C)cccc3C)cn(C)c(=O)c2[nH]1. The van der Waals surface area contributed by atoms with E-state index >= 15 is 0 Å². The fourth-order valence-corrected chi connectivity index (χ4v) is 5.33. The van der Waals surface area contributed by atoms with E-state index in [1.165, 1.54) is 10.8 Å². The number of carbonyl (C=O) groups excluding carboxylic acids is 1. The zero-order valence-corrected chi connectivity index (χ0v) is 23.8. The lowest BCUT2D eigenvalue weighted by molar-refractivity contribution is 0.0951. The molecule has 0 atom stereocenters. The van der Waals surface area contributed by atoms with Crippen molar-refractivity contribution >= 4 is 37.6 Å². The van der Waals surface area contributed by atoms with Gasteiger partial charge in [-0.15, -0.1) is 0 Å². The molecule has 2 N–H and O–H groups in total. The summed E-state index contributed by atoms with van der Waals surface area (Å²) in [4.78, 5) is 28.7. The highest BCUT2D eigenvalue weighted by Crippen LogP contribution is 2.41. The number of H-pyrrole nitrogens is 1. The molecule has 40 heavy (non-hydrogen) atoms. The molecule has 2 aromatic carbocycles. The number of carbonyl (C=O) groups is 1. The fraction of sp³-hybridized carbons (Fsp3) is 0.276. The van der Waals surface area contributed by atoms with Gasteiger partial charge in [0.05, 0.1) is 24.0 Å². The molecule has 0 fully saturated rings. The molecule has 0 saturated heterocycles. The molecule has 0 aliphatic heterocycles. The first-order valence-corrected chi connectivity index (χ1v) is 14.9. The molecule has 3 heterocycles. The summed E-state index contributed by atoms with van der Waals surface area (Å²) in [5.41, 5.74) is 4.27. The van der Waals surface area contributed by atoms with Crippen molar-refractivity contribution in [2.75, 3.05) is 18.6 Å². The number of para-hydroxylation sites is 1. The summed E-state index contributed by atoms with van der Waals surface area (Å²) >= 11 is 0. The van der Waals surface area contributed by atoms with Crippen LogP contribution in [0.15, 0.2) is 53.6 Å². The summed E-state index contributed by atoms with van der Waals surface area (Å²) in [5, 5.41) is 8.54. The van der Waals surface area contributed by atoms with Crippen LogP contribution >= 0.6 is 0 Å². The number of ether oxygens (including phenoxy) is 1. The molecule has 208 valence electrons. The molecule has 10 nitrogen and oxygen atoms in total. The van der Waals surface area contributed by atoms with Gasteiger partial charge >= 0.3 is 0 Å². The summed E-state index contributed by atoms with van der Waals surface area (Å²) in [6.45, 7) is 6.40. The van der Waals surface area contributed by atoms with Gasteiger partial charge < -0.3 is 19.6 Å². The van der Waals surface area contributed by atoms with Crippen LogP contribution in [0.1, 0.15) is 28.5 Å². The molecule has 11 heteroatoms. The fourth-order valence-electron chi connectivity index (χ4n) is 4.83. The maximum atomic E-state index is 13.1. The predicted octanol–water partition coefficient (Wildman–Crippen LogP) is 4.09. The Morgan fingerprint density at radius 3 is 2.52 bits per heavy atom. The molecular formula is C29H31N5O5S. The number of hydrogen-bond acceptors (Lipinski definition) is 6. The minimum Gasteiger partial charge on any atom is -0.456 e. The summed E-state index contributed by atoms with van der Waals surface area (Å²) in [5.74, 6) is 0.879. The van der Waals surface area contributed by atoms with Crippen LogP contribution in [0.3, 0.4) is 0 Å². The maximum absolute atomic E-state index is 13.1. The molecule has 0 saturated carbocycles. The number of aromatic amines is 1. The smallest absolute Gasteiger partial charge is 0.274 e. The van der Waals surface area contributed by atoms with Gasteiger partial charge in [-0.25, -0.2) is 8.42 Å². The van der Waals surface area contributed by atoms with Crippen LogP contribution in [0, 0.1) is 13.8 Å². The van der Waals surface area contributed by atoms with Crippen LogP contribution in [0.25, 0.3) is 32.9 Å². The number of benzene rings is 2. The second kappa shape index (κ2) is 10.3. The van der Waals surface area contributed by atoms with Crippen molar-refractivity contribution < 1.29 is 17.9 Å². The van der Waals surface area contributed by atoms with E-state index in [4.69, 9.17) is 4.74 Å². The molecule has 3 aromatic heterocycles. The van der Waals surface area contributed by atoms with E-state index in [9.17, 15) is 18.0 Å². The van der Waals surface area contributed by atoms with Gasteiger partial charge in [0.2, 0.25) is 0 Å². The van der Waals surface area contributed by atoms with Crippen LogP contribution in [0.2, 0.25) is 0 Å². The van der Waals surface area contributed by atoms with Crippen molar-refractivity contribution in [2.45, 2.75) is 27.3 Å². The first kappa shape index (κ1) is 27.2. The van der Waals surface area contributed by atoms with Gasteiger partial charge in [0.25, 0.3) is 11.5 Å². The van der Waals surface area contributed by atoms with Gasteiger partial charge in [-0.05, 0) is 50.1 Å². The summed E-state index contributed by atoms with van der Waals surface area (Å²) in [7, 11) is -1.55. The number of hydrogen-bond donors (Lipinski definition) is 2. The van der Waals surface area contributed by atoms with Crippen LogP contribution in [0.4, 0.5) is 0 Å². The van der Waals surface area contributed by atoms with E-state index in [-0.39, 0.29) is 29.5 Å². The second-order valence-corrected chi connectivity index (χ2v) is 12.3. The normalized spacial score (nSPS) is 11.8. The third-order valence-corrected chi connectivity index (χ3v) is 7.80. The second-order valence-electron chi connectivity index (χ2n) is 10.0. The van der Waals surface area contributed by atoms with Gasteiger partial charge in [0, 0.05) is 47.9 Å². The molecule has 0 aliphatic carbocycles. The van der Waals surface area contributed by atoms with Crippen molar-refractivity contribution in [2.24, 2.45) is 7.05 Å². The lowest BCUT2D eigenvalue weighted by atomic mass is 10.0. The number of sulfone groups is 1. The molecule has 0 unspecified atom stereocenters. The van der Waals surface area contributed by atoms with Gasteiger partial charge in [0.15, 0.2) is 0 Å². The number of nitrogens with one attached hydrogen (secondary N) is 2. The van der Waals surface area contributed by atoms with Crippen molar-refractivity contribution in [1.82, 2.24) is 24.6 Å². The van der Waals surface area contributed by atoms with Crippen LogP contribution in [-0.2, 0) is 23.4 Å². The predicted molar refractivity (Wildman–Crippen MR) is 156 cm³/mol. The van der Waals surface area contributed by atoms with E-state index < -0.39 is 9.84 Å². The van der Waals surface area contributed by atoms with Crippen LogP contribution in [0.5, 0.6) is 11.5 Å². The Kier molecular flexibility index (Phi) is 7.01. The number of rotatable bonds is 8. The number of amides is 1. The van der Waals surface area contributed by atoms with Crippen molar-refractivity contribution in [3.05, 3.63) is 76.0 Å². The van der Waals surface area contributed by atoms with Crippen molar-refractivity contribution in [1.29, 1.82) is 0 Å². The monoisotopic (exact) mass is 561 g/mol. The Balaban J connectivity index is 1.78. The summed E-state index contributed by atoms with van der Waals surface area (Å²) in [6, 6.07) is 11.3. The summed E-state index contributed by atoms with van der Waals surface area (Å²) < 4.78 is 33.4. The van der Waals surface area contributed by atoms with Gasteiger partial charge in [-0.1, -0.05) is 18.2 Å². The molecule has 0 aliphatic rings. The highest BCUT2D eigenvalue weighted by molar-refractivity contribution is 7.90. The molecule has 1 amide bonds. The standard InChI is InChI=1S/C29H31N5O5S/c1-6-30-28(35)23-13-21-22(16-33(4)29(36)26(21)32-23)20-14-24-19(15-31-34(24)10-11-40(5,37)38)12-25(20)39-27-17(2)8-7-9-18(27)3/h7-9,12-16,32H,6,10-11H2,1-5H3,(H,30,35). The van der Waals surface area contributed by atoms with Gasteiger partial charge in [-0.3, -0.25) is 14.3 Å². The Labute approximate surface area is 231 Å². The molecule has 0 spiro atoms. The number of aromatic nitrogens is 4. The van der Waals surface area contributed by atoms with Gasteiger partial charge in [0.1, 0.15) is 32.5 Å². The Morgan fingerprint density at radius 1 is 1.12 bits per heavy atom. The highest BCUT2D eigenvalue weighted by atomic mass is 32.2. The minimum absolute atomic E-state index is 0.0580. The van der Waals surface area contributed by atoms with Crippen LogP contribution < -0.4 is 15.6 Å². The van der Waals surface area contributed by atoms with Crippen LogP contribution in [-0.4, -0.2) is 52.2 Å². The molecule has 0 bridgehead atoms.